The zero-order chi connectivity index (χ0) is 17.3. The van der Waals surface area contributed by atoms with Gasteiger partial charge in [-0.15, -0.1) is 23.7 Å². The summed E-state index contributed by atoms with van der Waals surface area (Å²) in [6.07, 6.45) is 5.72. The first-order valence-electron chi connectivity index (χ1n) is 8.82. The van der Waals surface area contributed by atoms with Gasteiger partial charge in [0.1, 0.15) is 5.01 Å². The van der Waals surface area contributed by atoms with E-state index in [1.165, 1.54) is 5.56 Å². The number of nitrogens with zero attached hydrogens (tertiary/aromatic N) is 3. The van der Waals surface area contributed by atoms with Gasteiger partial charge in [0.25, 0.3) is 0 Å². The van der Waals surface area contributed by atoms with Crippen molar-refractivity contribution in [2.24, 2.45) is 5.73 Å². The van der Waals surface area contributed by atoms with Gasteiger partial charge < -0.3 is 10.3 Å². The van der Waals surface area contributed by atoms with Crippen molar-refractivity contribution in [3.8, 4) is 10.6 Å². The first kappa shape index (κ1) is 19.0. The minimum Gasteiger partial charge on any atom is -0.339 e. The Labute approximate surface area is 163 Å². The van der Waals surface area contributed by atoms with Crippen LogP contribution in [0.1, 0.15) is 55.6 Å². The first-order valence-corrected chi connectivity index (χ1v) is 9.70. The van der Waals surface area contributed by atoms with Gasteiger partial charge in [-0.1, -0.05) is 49.2 Å². The van der Waals surface area contributed by atoms with E-state index in [1.54, 1.807) is 11.3 Å². The number of hydrogen-bond donors (Lipinski definition) is 1. The van der Waals surface area contributed by atoms with Crippen LogP contribution < -0.4 is 5.73 Å². The standard InChI is InChI=1S/C19H22N4OS.ClH/c1-2-13-5-7-14(8-6-13)17-21-15(12-25-17)11-16-22-18(23-24-16)19(20)9-3-4-10-19;/h5-8,12H,2-4,9-11,20H2,1H3;1H. The average molecular weight is 391 g/mol. The molecule has 138 valence electrons. The fourth-order valence-corrected chi connectivity index (χ4v) is 4.14. The lowest BCUT2D eigenvalue weighted by molar-refractivity contribution is 0.352. The summed E-state index contributed by atoms with van der Waals surface area (Å²) in [5, 5.41) is 7.19. The SMILES string of the molecule is CCc1ccc(-c2nc(Cc3nc(C4(N)CCCC4)no3)cs2)cc1.Cl. The summed E-state index contributed by atoms with van der Waals surface area (Å²) in [6, 6.07) is 8.57. The van der Waals surface area contributed by atoms with Gasteiger partial charge in [-0.3, -0.25) is 0 Å². The highest BCUT2D eigenvalue weighted by molar-refractivity contribution is 7.13. The van der Waals surface area contributed by atoms with Crippen molar-refractivity contribution in [1.29, 1.82) is 0 Å². The third-order valence-corrected chi connectivity index (χ3v) is 5.84. The van der Waals surface area contributed by atoms with Gasteiger partial charge in [0.05, 0.1) is 17.7 Å². The molecule has 0 atom stereocenters. The molecule has 2 aromatic heterocycles. The lowest BCUT2D eigenvalue weighted by Gasteiger charge is -2.17. The highest BCUT2D eigenvalue weighted by atomic mass is 35.5. The number of aryl methyl sites for hydroxylation is 1. The third-order valence-electron chi connectivity index (χ3n) is 4.90. The molecule has 1 aliphatic carbocycles. The number of rotatable bonds is 5. The van der Waals surface area contributed by atoms with Crippen molar-refractivity contribution in [2.45, 2.75) is 51.0 Å². The van der Waals surface area contributed by atoms with Gasteiger partial charge >= 0.3 is 0 Å². The van der Waals surface area contributed by atoms with Crippen LogP contribution in [0.5, 0.6) is 0 Å². The topological polar surface area (TPSA) is 77.8 Å². The fourth-order valence-electron chi connectivity index (χ4n) is 3.32. The molecule has 0 amide bonds. The predicted octanol–water partition coefficient (Wildman–Crippen LogP) is 4.50. The second-order valence-corrected chi connectivity index (χ2v) is 7.60. The van der Waals surface area contributed by atoms with Gasteiger partial charge in [-0.25, -0.2) is 4.98 Å². The van der Waals surface area contributed by atoms with Crippen molar-refractivity contribution >= 4 is 23.7 Å². The van der Waals surface area contributed by atoms with Crippen molar-refractivity contribution in [2.75, 3.05) is 0 Å². The molecule has 2 heterocycles. The Morgan fingerprint density at radius 1 is 1.15 bits per heavy atom. The fraction of sp³-hybridized carbons (Fsp3) is 0.421. The first-order chi connectivity index (χ1) is 12.2. The molecule has 0 saturated heterocycles. The Kier molecular flexibility index (Phi) is 5.75. The lowest BCUT2D eigenvalue weighted by atomic mass is 9.99. The highest BCUT2D eigenvalue weighted by Crippen LogP contribution is 2.34. The zero-order valence-electron chi connectivity index (χ0n) is 14.8. The van der Waals surface area contributed by atoms with E-state index in [2.05, 4.69) is 46.7 Å². The summed E-state index contributed by atoms with van der Waals surface area (Å²) in [5.41, 5.74) is 9.42. The van der Waals surface area contributed by atoms with Crippen molar-refractivity contribution in [3.05, 3.63) is 52.6 Å². The van der Waals surface area contributed by atoms with E-state index >= 15 is 0 Å². The minimum absolute atomic E-state index is 0. The number of thiazole rings is 1. The molecule has 0 radical (unpaired) electrons. The van der Waals surface area contributed by atoms with E-state index < -0.39 is 5.54 Å². The molecule has 5 nitrogen and oxygen atoms in total. The molecule has 3 aromatic rings. The molecule has 4 rings (SSSR count). The quantitative estimate of drug-likeness (QED) is 0.694. The zero-order valence-corrected chi connectivity index (χ0v) is 16.4. The summed E-state index contributed by atoms with van der Waals surface area (Å²) in [6.45, 7) is 2.16. The molecule has 0 unspecified atom stereocenters. The molecule has 1 saturated carbocycles. The van der Waals surface area contributed by atoms with E-state index in [-0.39, 0.29) is 12.4 Å². The number of nitrogens with two attached hydrogens (primary N) is 1. The molecule has 1 fully saturated rings. The van der Waals surface area contributed by atoms with Gasteiger partial charge in [0.15, 0.2) is 5.82 Å². The van der Waals surface area contributed by atoms with Gasteiger partial charge in [0.2, 0.25) is 5.89 Å². The molecule has 7 heteroatoms. The maximum Gasteiger partial charge on any atom is 0.232 e. The molecule has 0 aliphatic heterocycles. The number of hydrogen-bond acceptors (Lipinski definition) is 6. The van der Waals surface area contributed by atoms with Gasteiger partial charge in [-0.05, 0) is 24.8 Å². The van der Waals surface area contributed by atoms with E-state index in [0.717, 1.165) is 48.4 Å². The maximum atomic E-state index is 6.39. The normalized spacial score (nSPS) is 15.8. The summed E-state index contributed by atoms with van der Waals surface area (Å²) in [4.78, 5) is 9.24. The smallest absolute Gasteiger partial charge is 0.232 e. The lowest BCUT2D eigenvalue weighted by Crippen LogP contribution is -2.34. The van der Waals surface area contributed by atoms with Crippen LogP contribution in [0.15, 0.2) is 34.2 Å². The molecule has 0 bridgehead atoms. The van der Waals surface area contributed by atoms with Crippen LogP contribution in [0.3, 0.4) is 0 Å². The molecule has 2 N–H and O–H groups in total. The molecule has 1 aliphatic rings. The van der Waals surface area contributed by atoms with Crippen molar-refractivity contribution in [1.82, 2.24) is 15.1 Å². The Hall–Kier alpha value is -1.76. The largest absolute Gasteiger partial charge is 0.339 e. The van der Waals surface area contributed by atoms with Crippen LogP contribution in [0.25, 0.3) is 10.6 Å². The number of aromatic nitrogens is 3. The Morgan fingerprint density at radius 3 is 2.58 bits per heavy atom. The summed E-state index contributed by atoms with van der Waals surface area (Å²) >= 11 is 1.64. The highest BCUT2D eigenvalue weighted by Gasteiger charge is 2.35. The van der Waals surface area contributed by atoms with E-state index in [0.29, 0.717) is 18.1 Å². The van der Waals surface area contributed by atoms with Crippen LogP contribution in [0, 0.1) is 0 Å². The number of benzene rings is 1. The summed E-state index contributed by atoms with van der Waals surface area (Å²) in [5.74, 6) is 1.23. The minimum atomic E-state index is -0.407. The Balaban J connectivity index is 0.00000196. The Morgan fingerprint density at radius 2 is 1.88 bits per heavy atom. The second-order valence-electron chi connectivity index (χ2n) is 6.75. The predicted molar refractivity (Wildman–Crippen MR) is 106 cm³/mol. The van der Waals surface area contributed by atoms with Gasteiger partial charge in [-0.2, -0.15) is 4.98 Å². The van der Waals surface area contributed by atoms with Crippen molar-refractivity contribution in [3.63, 3.8) is 0 Å². The van der Waals surface area contributed by atoms with E-state index in [1.807, 2.05) is 0 Å². The molecular weight excluding hydrogens is 368 g/mol. The average Bonchev–Trinajstić information content (AvgIpc) is 3.37. The van der Waals surface area contributed by atoms with Crippen LogP contribution in [0.2, 0.25) is 0 Å². The van der Waals surface area contributed by atoms with E-state index in [4.69, 9.17) is 15.2 Å². The molecule has 1 aromatic carbocycles. The molecule has 0 spiro atoms. The van der Waals surface area contributed by atoms with Crippen LogP contribution in [0.4, 0.5) is 0 Å². The molecule has 26 heavy (non-hydrogen) atoms. The van der Waals surface area contributed by atoms with Crippen LogP contribution >= 0.6 is 23.7 Å². The Bertz CT molecular complexity index is 853. The second kappa shape index (κ2) is 7.86. The van der Waals surface area contributed by atoms with Gasteiger partial charge in [0, 0.05) is 10.9 Å². The maximum absolute atomic E-state index is 6.39. The van der Waals surface area contributed by atoms with E-state index in [9.17, 15) is 0 Å². The van der Waals surface area contributed by atoms with Crippen molar-refractivity contribution < 1.29 is 4.52 Å². The number of halogens is 1. The van der Waals surface area contributed by atoms with Crippen LogP contribution in [-0.2, 0) is 18.4 Å². The third kappa shape index (κ3) is 3.82. The monoisotopic (exact) mass is 390 g/mol. The van der Waals surface area contributed by atoms with Crippen LogP contribution in [-0.4, -0.2) is 15.1 Å². The molecular formula is C19H23ClN4OS. The summed E-state index contributed by atoms with van der Waals surface area (Å²) in [7, 11) is 0. The summed E-state index contributed by atoms with van der Waals surface area (Å²) < 4.78 is 5.41.